The van der Waals surface area contributed by atoms with Gasteiger partial charge in [-0.2, -0.15) is 13.2 Å². The molecule has 120 valence electrons. The highest BCUT2D eigenvalue weighted by Gasteiger charge is 2.40. The molecule has 1 fully saturated rings. The molecule has 0 radical (unpaired) electrons. The number of nitrogens with zero attached hydrogens (tertiary/aromatic N) is 1. The Morgan fingerprint density at radius 2 is 1.90 bits per heavy atom. The summed E-state index contributed by atoms with van der Waals surface area (Å²) in [5.41, 5.74) is 5.81. The van der Waals surface area contributed by atoms with E-state index in [1.807, 2.05) is 13.8 Å². The first-order valence-corrected chi connectivity index (χ1v) is 7.81. The smallest absolute Gasteiger partial charge is 0.330 e. The van der Waals surface area contributed by atoms with E-state index < -0.39 is 12.7 Å². The number of nitrogens with two attached hydrogens (primary N) is 1. The van der Waals surface area contributed by atoms with Gasteiger partial charge in [-0.15, -0.1) is 0 Å². The Morgan fingerprint density at radius 1 is 1.25 bits per heavy atom. The molecule has 0 bridgehead atoms. The first-order chi connectivity index (χ1) is 9.28. The highest BCUT2D eigenvalue weighted by molar-refractivity contribution is 4.89. The molecule has 2 nitrogen and oxygen atoms in total. The maximum Gasteiger partial charge on any atom is 0.401 e. The van der Waals surface area contributed by atoms with Crippen LogP contribution in [0.5, 0.6) is 0 Å². The van der Waals surface area contributed by atoms with Crippen LogP contribution < -0.4 is 5.73 Å². The van der Waals surface area contributed by atoms with Crippen LogP contribution in [0, 0.1) is 11.8 Å². The zero-order valence-electron chi connectivity index (χ0n) is 12.9. The van der Waals surface area contributed by atoms with Crippen LogP contribution in [0.15, 0.2) is 0 Å². The summed E-state index contributed by atoms with van der Waals surface area (Å²) in [5.74, 6) is 0.759. The zero-order chi connectivity index (χ0) is 15.3. The summed E-state index contributed by atoms with van der Waals surface area (Å²) in [7, 11) is 0. The van der Waals surface area contributed by atoms with Gasteiger partial charge in [0.2, 0.25) is 0 Å². The van der Waals surface area contributed by atoms with Gasteiger partial charge in [-0.3, -0.25) is 4.90 Å². The maximum atomic E-state index is 12.8. The fourth-order valence-electron chi connectivity index (χ4n) is 3.54. The van der Waals surface area contributed by atoms with Gasteiger partial charge in [0.15, 0.2) is 0 Å². The van der Waals surface area contributed by atoms with Crippen molar-refractivity contribution in [1.29, 1.82) is 0 Å². The maximum absolute atomic E-state index is 12.8. The first-order valence-electron chi connectivity index (χ1n) is 7.81. The Balaban J connectivity index is 2.82. The lowest BCUT2D eigenvalue weighted by atomic mass is 9.75. The predicted molar refractivity (Wildman–Crippen MR) is 76.5 cm³/mol. The molecule has 1 aliphatic carbocycles. The fourth-order valence-corrected chi connectivity index (χ4v) is 3.54. The van der Waals surface area contributed by atoms with Gasteiger partial charge in [0.05, 0.1) is 6.54 Å². The van der Waals surface area contributed by atoms with Gasteiger partial charge in [-0.05, 0) is 45.1 Å². The van der Waals surface area contributed by atoms with Crippen LogP contribution in [0.1, 0.15) is 52.9 Å². The SMILES string of the molecule is CCCC1CCC(CN)C(N(CC(F)(F)F)C(C)C)C1. The minimum absolute atomic E-state index is 0.0214. The summed E-state index contributed by atoms with van der Waals surface area (Å²) in [5, 5.41) is 0. The second-order valence-electron chi connectivity index (χ2n) is 6.41. The summed E-state index contributed by atoms with van der Waals surface area (Å²) in [6.45, 7) is 5.51. The molecule has 0 aliphatic heterocycles. The number of alkyl halides is 3. The van der Waals surface area contributed by atoms with E-state index in [4.69, 9.17) is 5.73 Å². The van der Waals surface area contributed by atoms with Gasteiger partial charge < -0.3 is 5.73 Å². The monoisotopic (exact) mass is 294 g/mol. The van der Waals surface area contributed by atoms with Gasteiger partial charge >= 0.3 is 6.18 Å². The van der Waals surface area contributed by atoms with E-state index in [0.29, 0.717) is 12.5 Å². The molecule has 0 saturated heterocycles. The fraction of sp³-hybridized carbons (Fsp3) is 1.00. The van der Waals surface area contributed by atoms with Crippen LogP contribution in [-0.4, -0.2) is 36.2 Å². The number of hydrogen-bond acceptors (Lipinski definition) is 2. The van der Waals surface area contributed by atoms with Crippen molar-refractivity contribution in [1.82, 2.24) is 4.90 Å². The van der Waals surface area contributed by atoms with Gasteiger partial charge in [0.1, 0.15) is 0 Å². The molecule has 0 spiro atoms. The van der Waals surface area contributed by atoms with Crippen molar-refractivity contribution in [3.8, 4) is 0 Å². The second kappa shape index (κ2) is 7.64. The Morgan fingerprint density at radius 3 is 2.35 bits per heavy atom. The Bertz CT molecular complexity index is 279. The minimum Gasteiger partial charge on any atom is -0.330 e. The van der Waals surface area contributed by atoms with E-state index in [2.05, 4.69) is 6.92 Å². The van der Waals surface area contributed by atoms with Crippen LogP contribution in [-0.2, 0) is 0 Å². The molecule has 0 heterocycles. The topological polar surface area (TPSA) is 29.3 Å². The van der Waals surface area contributed by atoms with Crippen molar-refractivity contribution in [3.63, 3.8) is 0 Å². The highest BCUT2D eigenvalue weighted by Crippen LogP contribution is 2.36. The lowest BCUT2D eigenvalue weighted by Gasteiger charge is -2.44. The van der Waals surface area contributed by atoms with Crippen LogP contribution in [0.4, 0.5) is 13.2 Å². The average molecular weight is 294 g/mol. The number of rotatable bonds is 6. The van der Waals surface area contributed by atoms with Gasteiger partial charge in [-0.1, -0.05) is 26.2 Å². The van der Waals surface area contributed by atoms with E-state index in [-0.39, 0.29) is 18.0 Å². The van der Waals surface area contributed by atoms with Crippen molar-refractivity contribution < 1.29 is 13.2 Å². The quantitative estimate of drug-likeness (QED) is 0.807. The highest BCUT2D eigenvalue weighted by atomic mass is 19.4. The van der Waals surface area contributed by atoms with E-state index in [1.54, 1.807) is 4.90 Å². The molecule has 0 amide bonds. The van der Waals surface area contributed by atoms with Crippen molar-refractivity contribution >= 4 is 0 Å². The molecular formula is C15H29F3N2. The Kier molecular flexibility index (Phi) is 6.79. The molecule has 3 atom stereocenters. The molecule has 0 aromatic carbocycles. The molecular weight excluding hydrogens is 265 g/mol. The molecule has 0 aromatic heterocycles. The van der Waals surface area contributed by atoms with Crippen molar-refractivity contribution in [2.24, 2.45) is 17.6 Å². The first kappa shape index (κ1) is 17.8. The third kappa shape index (κ3) is 5.24. The molecule has 3 unspecified atom stereocenters. The Labute approximate surface area is 120 Å². The van der Waals surface area contributed by atoms with Crippen LogP contribution >= 0.6 is 0 Å². The third-order valence-electron chi connectivity index (χ3n) is 4.52. The van der Waals surface area contributed by atoms with Crippen molar-refractivity contribution in [2.75, 3.05) is 13.1 Å². The van der Waals surface area contributed by atoms with Gasteiger partial charge in [0.25, 0.3) is 0 Å². The summed E-state index contributed by atoms with van der Waals surface area (Å²) in [6, 6.07) is -0.122. The minimum atomic E-state index is -4.14. The molecule has 5 heteroatoms. The van der Waals surface area contributed by atoms with Crippen LogP contribution in [0.25, 0.3) is 0 Å². The Hall–Kier alpha value is -0.290. The third-order valence-corrected chi connectivity index (χ3v) is 4.52. The molecule has 1 rings (SSSR count). The summed E-state index contributed by atoms with van der Waals surface area (Å²) < 4.78 is 38.5. The molecule has 1 aliphatic rings. The summed E-state index contributed by atoms with van der Waals surface area (Å²) in [6.07, 6.45) is 1.03. The van der Waals surface area contributed by atoms with Gasteiger partial charge in [-0.25, -0.2) is 0 Å². The number of hydrogen-bond donors (Lipinski definition) is 1. The second-order valence-corrected chi connectivity index (χ2v) is 6.41. The molecule has 0 aromatic rings. The van der Waals surface area contributed by atoms with Crippen LogP contribution in [0.2, 0.25) is 0 Å². The lowest BCUT2D eigenvalue weighted by Crippen LogP contribution is -2.52. The standard InChI is InChI=1S/C15H29F3N2/c1-4-5-12-6-7-13(9-19)14(8-12)20(11(2)3)10-15(16,17)18/h11-14H,4-10,19H2,1-3H3. The molecule has 1 saturated carbocycles. The molecule has 20 heavy (non-hydrogen) atoms. The zero-order valence-corrected chi connectivity index (χ0v) is 12.9. The normalized spacial score (nSPS) is 28.4. The van der Waals surface area contributed by atoms with Gasteiger partial charge in [0, 0.05) is 12.1 Å². The van der Waals surface area contributed by atoms with E-state index in [1.165, 1.54) is 0 Å². The van der Waals surface area contributed by atoms with Crippen molar-refractivity contribution in [3.05, 3.63) is 0 Å². The summed E-state index contributed by atoms with van der Waals surface area (Å²) in [4.78, 5) is 1.62. The summed E-state index contributed by atoms with van der Waals surface area (Å²) >= 11 is 0. The van der Waals surface area contributed by atoms with E-state index in [0.717, 1.165) is 32.1 Å². The average Bonchev–Trinajstić information content (AvgIpc) is 2.35. The van der Waals surface area contributed by atoms with Crippen molar-refractivity contribution in [2.45, 2.75) is 71.1 Å². The number of halogens is 3. The molecule has 2 N–H and O–H groups in total. The van der Waals surface area contributed by atoms with E-state index >= 15 is 0 Å². The van der Waals surface area contributed by atoms with Crippen LogP contribution in [0.3, 0.4) is 0 Å². The predicted octanol–water partition coefficient (Wildman–Crippen LogP) is 3.80. The largest absolute Gasteiger partial charge is 0.401 e. The lowest BCUT2D eigenvalue weighted by molar-refractivity contribution is -0.160. The van der Waals surface area contributed by atoms with E-state index in [9.17, 15) is 13.2 Å².